The van der Waals surface area contributed by atoms with Gasteiger partial charge in [0.2, 0.25) is 10.0 Å². The number of carbonyl (C=O) groups excluding carboxylic acids is 1. The fourth-order valence-electron chi connectivity index (χ4n) is 3.35. The molecule has 1 aromatic rings. The van der Waals surface area contributed by atoms with Crippen molar-refractivity contribution in [3.63, 3.8) is 0 Å². The Morgan fingerprint density at radius 1 is 1.23 bits per heavy atom. The fraction of sp³-hybridized carbons (Fsp3) is 0.611. The number of hydrogen-bond donors (Lipinski definition) is 1. The molecule has 8 heteroatoms. The lowest BCUT2D eigenvalue weighted by Gasteiger charge is -2.36. The summed E-state index contributed by atoms with van der Waals surface area (Å²) >= 11 is 0. The normalized spacial score (nSPS) is 19.5. The molecule has 1 heterocycles. The van der Waals surface area contributed by atoms with Crippen LogP contribution in [0.15, 0.2) is 29.2 Å². The zero-order valence-electron chi connectivity index (χ0n) is 15.7. The van der Waals surface area contributed by atoms with Crippen molar-refractivity contribution in [1.82, 2.24) is 9.21 Å². The molecule has 2 unspecified atom stereocenters. The molecule has 2 N–H and O–H groups in total. The van der Waals surface area contributed by atoms with Crippen LogP contribution in [0, 0.1) is 0 Å². The van der Waals surface area contributed by atoms with Crippen LogP contribution < -0.4 is 5.73 Å². The van der Waals surface area contributed by atoms with E-state index in [1.807, 2.05) is 20.8 Å². The highest BCUT2D eigenvalue weighted by Gasteiger charge is 2.35. The van der Waals surface area contributed by atoms with Gasteiger partial charge in [0.1, 0.15) is 0 Å². The number of sulfonamides is 1. The van der Waals surface area contributed by atoms with Gasteiger partial charge >= 0.3 is 0 Å². The number of piperidine rings is 1. The van der Waals surface area contributed by atoms with Gasteiger partial charge in [-0.2, -0.15) is 4.31 Å². The van der Waals surface area contributed by atoms with Crippen LogP contribution in [0.3, 0.4) is 0 Å². The van der Waals surface area contributed by atoms with E-state index in [9.17, 15) is 13.2 Å². The number of rotatable bonds is 6. The summed E-state index contributed by atoms with van der Waals surface area (Å²) in [6.07, 6.45) is 2.63. The molecule has 148 valence electrons. The van der Waals surface area contributed by atoms with Crippen molar-refractivity contribution in [2.45, 2.75) is 57.0 Å². The van der Waals surface area contributed by atoms with E-state index in [1.54, 1.807) is 17.0 Å². The molecule has 0 bridgehead atoms. The molecule has 2 atom stereocenters. The second-order valence-corrected chi connectivity index (χ2v) is 8.43. The Balaban J connectivity index is 0.00000338. The first-order valence-electron chi connectivity index (χ1n) is 8.99. The second-order valence-electron chi connectivity index (χ2n) is 6.54. The van der Waals surface area contributed by atoms with Crippen LogP contribution in [0.2, 0.25) is 0 Å². The summed E-state index contributed by atoms with van der Waals surface area (Å²) in [6.45, 7) is 7.44. The average molecular weight is 404 g/mol. The fourth-order valence-corrected chi connectivity index (χ4v) is 5.13. The molecule has 0 aromatic heterocycles. The molecule has 26 heavy (non-hydrogen) atoms. The smallest absolute Gasteiger partial charge is 0.253 e. The van der Waals surface area contributed by atoms with Gasteiger partial charge in [-0.05, 0) is 57.9 Å². The maximum Gasteiger partial charge on any atom is 0.253 e. The maximum absolute atomic E-state index is 13.0. The Kier molecular flexibility index (Phi) is 8.53. The lowest BCUT2D eigenvalue weighted by molar-refractivity contribution is 0.0773. The van der Waals surface area contributed by atoms with Crippen LogP contribution in [-0.2, 0) is 10.0 Å². The van der Waals surface area contributed by atoms with Gasteiger partial charge in [-0.25, -0.2) is 8.42 Å². The summed E-state index contributed by atoms with van der Waals surface area (Å²) in [6, 6.07) is 5.86. The van der Waals surface area contributed by atoms with E-state index in [0.29, 0.717) is 25.2 Å². The van der Waals surface area contributed by atoms with E-state index < -0.39 is 10.0 Å². The van der Waals surface area contributed by atoms with Crippen molar-refractivity contribution in [3.8, 4) is 0 Å². The van der Waals surface area contributed by atoms with Crippen LogP contribution in [0.5, 0.6) is 0 Å². The minimum Gasteiger partial charge on any atom is -0.339 e. The Morgan fingerprint density at radius 3 is 2.31 bits per heavy atom. The number of benzene rings is 1. The third kappa shape index (κ3) is 4.76. The molecular formula is C18H30ClN3O3S. The summed E-state index contributed by atoms with van der Waals surface area (Å²) in [4.78, 5) is 14.3. The average Bonchev–Trinajstić information content (AvgIpc) is 2.62. The minimum atomic E-state index is -3.60. The molecule has 1 fully saturated rings. The van der Waals surface area contributed by atoms with Gasteiger partial charge in [-0.3, -0.25) is 4.79 Å². The van der Waals surface area contributed by atoms with Gasteiger partial charge < -0.3 is 10.6 Å². The molecule has 0 saturated carbocycles. The van der Waals surface area contributed by atoms with Crippen LogP contribution in [0.1, 0.15) is 50.4 Å². The van der Waals surface area contributed by atoms with Crippen LogP contribution in [0.25, 0.3) is 0 Å². The van der Waals surface area contributed by atoms with Crippen molar-refractivity contribution in [2.24, 2.45) is 5.73 Å². The molecule has 0 aliphatic carbocycles. The molecule has 2 rings (SSSR count). The first-order chi connectivity index (χ1) is 11.8. The quantitative estimate of drug-likeness (QED) is 0.790. The van der Waals surface area contributed by atoms with Crippen molar-refractivity contribution in [1.29, 1.82) is 0 Å². The van der Waals surface area contributed by atoms with Gasteiger partial charge in [0.05, 0.1) is 4.90 Å². The van der Waals surface area contributed by atoms with E-state index >= 15 is 0 Å². The van der Waals surface area contributed by atoms with Crippen LogP contribution >= 0.6 is 12.4 Å². The van der Waals surface area contributed by atoms with E-state index in [-0.39, 0.29) is 35.3 Å². The van der Waals surface area contributed by atoms with E-state index in [4.69, 9.17) is 5.73 Å². The number of nitrogens with two attached hydrogens (primary N) is 1. The third-order valence-corrected chi connectivity index (χ3v) is 6.80. The number of amides is 1. The summed E-state index contributed by atoms with van der Waals surface area (Å²) in [5, 5.41) is 0. The van der Waals surface area contributed by atoms with E-state index in [1.165, 1.54) is 16.4 Å². The number of halogens is 1. The second kappa shape index (κ2) is 9.69. The molecular weight excluding hydrogens is 374 g/mol. The van der Waals surface area contributed by atoms with Gasteiger partial charge in [0.15, 0.2) is 0 Å². The van der Waals surface area contributed by atoms with Gasteiger partial charge in [0, 0.05) is 37.3 Å². The molecule has 0 radical (unpaired) electrons. The SMILES string of the molecule is CCN(CC)C(=O)c1ccc(S(=O)(=O)N2CCCCC2C(C)N)cc1.Cl. The highest BCUT2D eigenvalue weighted by Crippen LogP contribution is 2.27. The van der Waals surface area contributed by atoms with Gasteiger partial charge in [0.25, 0.3) is 5.91 Å². The summed E-state index contributed by atoms with van der Waals surface area (Å²) in [5.41, 5.74) is 6.51. The van der Waals surface area contributed by atoms with Gasteiger partial charge in [-0.15, -0.1) is 12.4 Å². The van der Waals surface area contributed by atoms with Gasteiger partial charge in [-0.1, -0.05) is 6.42 Å². The first-order valence-corrected chi connectivity index (χ1v) is 10.4. The predicted molar refractivity (Wildman–Crippen MR) is 106 cm³/mol. The van der Waals surface area contributed by atoms with Crippen molar-refractivity contribution in [3.05, 3.63) is 29.8 Å². The molecule has 1 saturated heterocycles. The monoisotopic (exact) mass is 403 g/mol. The number of carbonyl (C=O) groups is 1. The lowest BCUT2D eigenvalue weighted by atomic mass is 10.00. The molecule has 6 nitrogen and oxygen atoms in total. The molecule has 1 aliphatic rings. The topological polar surface area (TPSA) is 83.7 Å². The van der Waals surface area contributed by atoms with Crippen LogP contribution in [-0.4, -0.2) is 55.2 Å². The van der Waals surface area contributed by atoms with E-state index in [2.05, 4.69) is 0 Å². The molecule has 1 aliphatic heterocycles. The highest BCUT2D eigenvalue weighted by molar-refractivity contribution is 7.89. The zero-order chi connectivity index (χ0) is 18.6. The Labute approximate surface area is 163 Å². The summed E-state index contributed by atoms with van der Waals surface area (Å²) in [7, 11) is -3.60. The Morgan fingerprint density at radius 2 is 1.81 bits per heavy atom. The first kappa shape index (κ1) is 22.9. The lowest BCUT2D eigenvalue weighted by Crippen LogP contribution is -2.51. The Hall–Kier alpha value is -1.15. The predicted octanol–water partition coefficient (Wildman–Crippen LogP) is 2.48. The highest BCUT2D eigenvalue weighted by atomic mass is 35.5. The number of nitrogens with zero attached hydrogens (tertiary/aromatic N) is 2. The largest absolute Gasteiger partial charge is 0.339 e. The van der Waals surface area contributed by atoms with Crippen LogP contribution in [0.4, 0.5) is 0 Å². The zero-order valence-corrected chi connectivity index (χ0v) is 17.4. The minimum absolute atomic E-state index is 0. The molecule has 1 aromatic carbocycles. The molecule has 1 amide bonds. The van der Waals surface area contributed by atoms with E-state index in [0.717, 1.165) is 19.3 Å². The van der Waals surface area contributed by atoms with Crippen molar-refractivity contribution in [2.75, 3.05) is 19.6 Å². The number of hydrogen-bond acceptors (Lipinski definition) is 4. The summed E-state index contributed by atoms with van der Waals surface area (Å²) in [5.74, 6) is -0.0830. The standard InChI is InChI=1S/C18H29N3O3S.ClH/c1-4-20(5-2)18(22)15-9-11-16(12-10-15)25(23,24)21-13-7-6-8-17(21)14(3)19;/h9-12,14,17H,4-8,13,19H2,1-3H3;1H. The molecule has 0 spiro atoms. The van der Waals surface area contributed by atoms with Crippen molar-refractivity contribution < 1.29 is 13.2 Å². The summed E-state index contributed by atoms with van der Waals surface area (Å²) < 4.78 is 27.5. The maximum atomic E-state index is 13.0. The third-order valence-electron chi connectivity index (χ3n) is 4.86. The Bertz CT molecular complexity index is 688. The van der Waals surface area contributed by atoms with Crippen molar-refractivity contribution >= 4 is 28.3 Å².